The Hall–Kier alpha value is -0.570. The van der Waals surface area contributed by atoms with E-state index < -0.39 is 0 Å². The highest BCUT2D eigenvalue weighted by Crippen LogP contribution is 2.09. The Morgan fingerprint density at radius 1 is 1.29 bits per heavy atom. The predicted octanol–water partition coefficient (Wildman–Crippen LogP) is 2.17. The van der Waals surface area contributed by atoms with Gasteiger partial charge in [0, 0.05) is 23.7 Å². The smallest absolute Gasteiger partial charge is 0.0406 e. The maximum absolute atomic E-state index is 5.78. The van der Waals surface area contributed by atoms with Gasteiger partial charge in [0.2, 0.25) is 0 Å². The van der Waals surface area contributed by atoms with Crippen molar-refractivity contribution in [2.75, 3.05) is 0 Å². The molecule has 14 heavy (non-hydrogen) atoms. The molecule has 78 valence electrons. The van der Waals surface area contributed by atoms with Crippen molar-refractivity contribution >= 4 is 11.6 Å². The number of nitrogens with two attached hydrogens (primary N) is 1. The zero-order valence-corrected chi connectivity index (χ0v) is 9.38. The molecule has 0 bridgehead atoms. The fraction of sp³-hybridized carbons (Fsp3) is 0.455. The highest BCUT2D eigenvalue weighted by atomic mass is 35.5. The minimum Gasteiger partial charge on any atom is -0.327 e. The second kappa shape index (κ2) is 5.35. The topological polar surface area (TPSA) is 38.0 Å². The summed E-state index contributed by atoms with van der Waals surface area (Å²) in [6.07, 6.45) is 0. The second-order valence-electron chi connectivity index (χ2n) is 3.66. The molecule has 0 amide bonds. The summed E-state index contributed by atoms with van der Waals surface area (Å²) in [5, 5.41) is 4.12. The summed E-state index contributed by atoms with van der Waals surface area (Å²) >= 11 is 5.78. The van der Waals surface area contributed by atoms with E-state index in [1.165, 1.54) is 5.56 Å². The molecule has 0 aromatic heterocycles. The van der Waals surface area contributed by atoms with Gasteiger partial charge in [0.15, 0.2) is 0 Å². The van der Waals surface area contributed by atoms with Gasteiger partial charge in [-0.15, -0.1) is 0 Å². The first-order valence-corrected chi connectivity index (χ1v) is 5.21. The van der Waals surface area contributed by atoms with Crippen molar-refractivity contribution < 1.29 is 0 Å². The summed E-state index contributed by atoms with van der Waals surface area (Å²) in [5.74, 6) is 0. The molecular weight excluding hydrogens is 196 g/mol. The molecular formula is C11H17ClN2. The van der Waals surface area contributed by atoms with E-state index >= 15 is 0 Å². The van der Waals surface area contributed by atoms with Crippen LogP contribution in [0.25, 0.3) is 0 Å². The molecule has 0 spiro atoms. The predicted molar refractivity (Wildman–Crippen MR) is 61.4 cm³/mol. The lowest BCUT2D eigenvalue weighted by Crippen LogP contribution is -2.40. The molecule has 0 aliphatic carbocycles. The summed E-state index contributed by atoms with van der Waals surface area (Å²) in [5.41, 5.74) is 6.96. The molecule has 2 atom stereocenters. The highest BCUT2D eigenvalue weighted by Gasteiger charge is 2.05. The molecule has 2 nitrogen and oxygen atoms in total. The second-order valence-corrected chi connectivity index (χ2v) is 4.09. The van der Waals surface area contributed by atoms with Crippen LogP contribution in [0.15, 0.2) is 24.3 Å². The maximum atomic E-state index is 5.78. The first kappa shape index (κ1) is 11.5. The Morgan fingerprint density at radius 3 is 2.36 bits per heavy atom. The van der Waals surface area contributed by atoms with E-state index in [1.54, 1.807) is 0 Å². The van der Waals surface area contributed by atoms with Gasteiger partial charge in [0.1, 0.15) is 0 Å². The fourth-order valence-corrected chi connectivity index (χ4v) is 1.19. The van der Waals surface area contributed by atoms with Crippen LogP contribution in [-0.2, 0) is 6.54 Å². The Kier molecular flexibility index (Phi) is 4.39. The number of nitrogens with one attached hydrogen (secondary N) is 1. The van der Waals surface area contributed by atoms with Gasteiger partial charge in [-0.3, -0.25) is 0 Å². The summed E-state index contributed by atoms with van der Waals surface area (Å²) in [7, 11) is 0. The summed E-state index contributed by atoms with van der Waals surface area (Å²) < 4.78 is 0. The first-order chi connectivity index (χ1) is 6.59. The van der Waals surface area contributed by atoms with Crippen molar-refractivity contribution in [3.8, 4) is 0 Å². The minimum atomic E-state index is 0.169. The van der Waals surface area contributed by atoms with Gasteiger partial charge < -0.3 is 11.1 Å². The van der Waals surface area contributed by atoms with Crippen LogP contribution in [-0.4, -0.2) is 12.1 Å². The molecule has 0 radical (unpaired) electrons. The summed E-state index contributed by atoms with van der Waals surface area (Å²) in [4.78, 5) is 0. The highest BCUT2D eigenvalue weighted by molar-refractivity contribution is 6.30. The minimum absolute atomic E-state index is 0.169. The Balaban J connectivity index is 2.42. The van der Waals surface area contributed by atoms with Crippen molar-refractivity contribution in [1.82, 2.24) is 5.32 Å². The molecule has 1 aromatic carbocycles. The van der Waals surface area contributed by atoms with Gasteiger partial charge in [-0.2, -0.15) is 0 Å². The third-order valence-electron chi connectivity index (χ3n) is 2.33. The van der Waals surface area contributed by atoms with E-state index in [0.29, 0.717) is 6.04 Å². The third kappa shape index (κ3) is 3.66. The zero-order valence-electron chi connectivity index (χ0n) is 8.63. The lowest BCUT2D eigenvalue weighted by molar-refractivity contribution is 0.478. The van der Waals surface area contributed by atoms with Crippen LogP contribution in [0, 0.1) is 0 Å². The van der Waals surface area contributed by atoms with E-state index in [4.69, 9.17) is 17.3 Å². The van der Waals surface area contributed by atoms with E-state index in [-0.39, 0.29) is 6.04 Å². The van der Waals surface area contributed by atoms with Gasteiger partial charge in [0.25, 0.3) is 0 Å². The van der Waals surface area contributed by atoms with Crippen LogP contribution in [0.4, 0.5) is 0 Å². The Labute approximate surface area is 90.4 Å². The van der Waals surface area contributed by atoms with Gasteiger partial charge in [-0.1, -0.05) is 23.7 Å². The first-order valence-electron chi connectivity index (χ1n) is 4.83. The normalized spacial score (nSPS) is 15.1. The van der Waals surface area contributed by atoms with Crippen LogP contribution in [0.3, 0.4) is 0 Å². The van der Waals surface area contributed by atoms with Crippen molar-refractivity contribution in [2.24, 2.45) is 5.73 Å². The summed E-state index contributed by atoms with van der Waals surface area (Å²) in [6.45, 7) is 4.92. The number of hydrogen-bond donors (Lipinski definition) is 2. The van der Waals surface area contributed by atoms with Crippen molar-refractivity contribution in [3.05, 3.63) is 34.9 Å². The van der Waals surface area contributed by atoms with Crippen molar-refractivity contribution in [2.45, 2.75) is 32.5 Å². The van der Waals surface area contributed by atoms with Gasteiger partial charge in [-0.05, 0) is 31.5 Å². The Bertz CT molecular complexity index is 269. The van der Waals surface area contributed by atoms with E-state index in [2.05, 4.69) is 12.2 Å². The molecule has 0 heterocycles. The zero-order chi connectivity index (χ0) is 10.6. The number of rotatable bonds is 4. The molecule has 0 fully saturated rings. The molecule has 1 aromatic rings. The SMILES string of the molecule is CC(N)C(C)NCc1ccc(Cl)cc1. The van der Waals surface area contributed by atoms with Crippen LogP contribution in [0.1, 0.15) is 19.4 Å². The van der Waals surface area contributed by atoms with Gasteiger partial charge in [-0.25, -0.2) is 0 Å². The van der Waals surface area contributed by atoms with Crippen molar-refractivity contribution in [1.29, 1.82) is 0 Å². The number of halogens is 1. The average molecular weight is 213 g/mol. The van der Waals surface area contributed by atoms with Crippen LogP contribution in [0.2, 0.25) is 5.02 Å². The lowest BCUT2D eigenvalue weighted by Gasteiger charge is -2.17. The number of benzene rings is 1. The monoisotopic (exact) mass is 212 g/mol. The molecule has 1 rings (SSSR count). The van der Waals surface area contributed by atoms with Crippen molar-refractivity contribution in [3.63, 3.8) is 0 Å². The van der Waals surface area contributed by atoms with E-state index in [0.717, 1.165) is 11.6 Å². The van der Waals surface area contributed by atoms with E-state index in [1.807, 2.05) is 31.2 Å². The molecule has 0 saturated heterocycles. The fourth-order valence-electron chi connectivity index (χ4n) is 1.07. The molecule has 2 unspecified atom stereocenters. The standard InChI is InChI=1S/C11H17ClN2/c1-8(13)9(2)14-7-10-3-5-11(12)6-4-10/h3-6,8-9,14H,7,13H2,1-2H3. The molecule has 0 saturated carbocycles. The molecule has 0 aliphatic rings. The molecule has 3 heteroatoms. The largest absolute Gasteiger partial charge is 0.327 e. The van der Waals surface area contributed by atoms with Crippen LogP contribution < -0.4 is 11.1 Å². The number of hydrogen-bond acceptors (Lipinski definition) is 2. The summed E-state index contributed by atoms with van der Waals surface area (Å²) in [6, 6.07) is 8.32. The van der Waals surface area contributed by atoms with Gasteiger partial charge >= 0.3 is 0 Å². The maximum Gasteiger partial charge on any atom is 0.0406 e. The lowest BCUT2D eigenvalue weighted by atomic mass is 10.1. The quantitative estimate of drug-likeness (QED) is 0.803. The molecule has 0 aliphatic heterocycles. The van der Waals surface area contributed by atoms with E-state index in [9.17, 15) is 0 Å². The third-order valence-corrected chi connectivity index (χ3v) is 2.58. The van der Waals surface area contributed by atoms with Crippen LogP contribution >= 0.6 is 11.6 Å². The van der Waals surface area contributed by atoms with Crippen LogP contribution in [0.5, 0.6) is 0 Å². The Morgan fingerprint density at radius 2 is 1.86 bits per heavy atom. The molecule has 3 N–H and O–H groups in total. The van der Waals surface area contributed by atoms with Gasteiger partial charge in [0.05, 0.1) is 0 Å². The average Bonchev–Trinajstić information content (AvgIpc) is 2.16.